The van der Waals surface area contributed by atoms with Crippen molar-refractivity contribution in [1.29, 1.82) is 0 Å². The molecule has 2 aromatic carbocycles. The Labute approximate surface area is 185 Å². The molecule has 0 saturated carbocycles. The highest BCUT2D eigenvalue weighted by atomic mass is 16.6. The molecule has 0 radical (unpaired) electrons. The van der Waals surface area contributed by atoms with Gasteiger partial charge in [-0.1, -0.05) is 42.5 Å². The third kappa shape index (κ3) is 3.20. The summed E-state index contributed by atoms with van der Waals surface area (Å²) in [6, 6.07) is 18.3. The van der Waals surface area contributed by atoms with Crippen molar-refractivity contribution in [1.82, 2.24) is 14.7 Å². The van der Waals surface area contributed by atoms with Gasteiger partial charge in [-0.3, -0.25) is 4.90 Å². The fraction of sp³-hybridized carbons (Fsp3) is 0.320. The Morgan fingerprint density at radius 3 is 2.41 bits per heavy atom. The molecular formula is C25H23N3O4. The third-order valence-electron chi connectivity index (χ3n) is 6.75. The van der Waals surface area contributed by atoms with Crippen molar-refractivity contribution >= 4 is 11.9 Å². The molecule has 0 spiro atoms. The maximum absolute atomic E-state index is 12.3. The van der Waals surface area contributed by atoms with Crippen LogP contribution in [0.2, 0.25) is 0 Å². The van der Waals surface area contributed by atoms with Crippen LogP contribution in [0.25, 0.3) is 5.69 Å². The summed E-state index contributed by atoms with van der Waals surface area (Å²) in [4.78, 5) is 26.9. The monoisotopic (exact) mass is 429 g/mol. The van der Waals surface area contributed by atoms with Gasteiger partial charge in [-0.15, -0.1) is 5.10 Å². The van der Waals surface area contributed by atoms with Gasteiger partial charge >= 0.3 is 11.9 Å². The highest BCUT2D eigenvalue weighted by Crippen LogP contribution is 2.43. The number of carbonyl (C=O) groups excluding carboxylic acids is 2. The molecule has 2 bridgehead atoms. The van der Waals surface area contributed by atoms with Gasteiger partial charge in [-0.2, -0.15) is 0 Å². The molecule has 0 N–H and O–H groups in total. The van der Waals surface area contributed by atoms with Crippen LogP contribution in [-0.4, -0.2) is 39.3 Å². The molecule has 0 saturated heterocycles. The molecule has 162 valence electrons. The minimum Gasteiger partial charge on any atom is -0.453 e. The number of rotatable bonds is 4. The molecule has 0 fully saturated rings. The second kappa shape index (κ2) is 7.60. The highest BCUT2D eigenvalue weighted by Gasteiger charge is 2.42. The number of nitrogens with zero attached hydrogens (tertiary/aromatic N) is 3. The van der Waals surface area contributed by atoms with E-state index in [1.54, 1.807) is 0 Å². The van der Waals surface area contributed by atoms with E-state index in [4.69, 9.17) is 9.47 Å². The molecular weight excluding hydrogens is 406 g/mol. The predicted molar refractivity (Wildman–Crippen MR) is 115 cm³/mol. The summed E-state index contributed by atoms with van der Waals surface area (Å²) in [7, 11) is 0. The van der Waals surface area contributed by atoms with E-state index in [0.29, 0.717) is 12.8 Å². The van der Waals surface area contributed by atoms with Crippen molar-refractivity contribution in [3.63, 3.8) is 0 Å². The summed E-state index contributed by atoms with van der Waals surface area (Å²) in [5.74, 6) is -1.76. The zero-order valence-electron chi connectivity index (χ0n) is 17.6. The largest absolute Gasteiger partial charge is 0.453 e. The fourth-order valence-electron chi connectivity index (χ4n) is 5.25. The summed E-state index contributed by atoms with van der Waals surface area (Å²) >= 11 is 0. The molecule has 7 nitrogen and oxygen atoms in total. The lowest BCUT2D eigenvalue weighted by Gasteiger charge is -2.33. The molecule has 1 aliphatic carbocycles. The molecule has 32 heavy (non-hydrogen) atoms. The van der Waals surface area contributed by atoms with Gasteiger partial charge in [0.05, 0.1) is 11.4 Å². The maximum Gasteiger partial charge on any atom is 0.424 e. The van der Waals surface area contributed by atoms with E-state index in [2.05, 4.69) is 34.3 Å². The molecule has 6 rings (SSSR count). The number of benzene rings is 2. The van der Waals surface area contributed by atoms with Crippen LogP contribution >= 0.6 is 0 Å². The van der Waals surface area contributed by atoms with Crippen molar-refractivity contribution in [2.24, 2.45) is 0 Å². The number of para-hydroxylation sites is 1. The van der Waals surface area contributed by atoms with Crippen LogP contribution in [0.5, 0.6) is 5.88 Å². The first-order valence-corrected chi connectivity index (χ1v) is 11.1. The first-order valence-electron chi connectivity index (χ1n) is 11.1. The van der Waals surface area contributed by atoms with E-state index >= 15 is 0 Å². The van der Waals surface area contributed by atoms with Crippen molar-refractivity contribution in [3.05, 3.63) is 77.0 Å². The summed E-state index contributed by atoms with van der Waals surface area (Å²) < 4.78 is 12.8. The number of hydrogen-bond donors (Lipinski definition) is 0. The van der Waals surface area contributed by atoms with Gasteiger partial charge in [0.15, 0.2) is 0 Å². The van der Waals surface area contributed by atoms with Gasteiger partial charge in [0.25, 0.3) is 0 Å². The van der Waals surface area contributed by atoms with Crippen molar-refractivity contribution in [2.75, 3.05) is 6.54 Å². The Morgan fingerprint density at radius 2 is 1.66 bits per heavy atom. The van der Waals surface area contributed by atoms with Gasteiger partial charge in [0, 0.05) is 24.6 Å². The third-order valence-corrected chi connectivity index (χ3v) is 6.75. The molecule has 2 atom stereocenters. The molecule has 3 aromatic rings. The minimum atomic E-state index is -1.00. The van der Waals surface area contributed by atoms with Crippen molar-refractivity contribution < 1.29 is 19.1 Å². The number of esters is 2. The van der Waals surface area contributed by atoms with E-state index < -0.39 is 11.9 Å². The predicted octanol–water partition coefficient (Wildman–Crippen LogP) is 3.14. The van der Waals surface area contributed by atoms with Crippen LogP contribution in [0.1, 0.15) is 41.1 Å². The number of aromatic nitrogens is 2. The number of carbonyl (C=O) groups is 2. The Hall–Kier alpha value is -3.45. The Kier molecular flexibility index (Phi) is 4.57. The van der Waals surface area contributed by atoms with E-state index in [9.17, 15) is 9.59 Å². The van der Waals surface area contributed by atoms with E-state index in [1.807, 2.05) is 35.0 Å². The zero-order chi connectivity index (χ0) is 21.7. The minimum absolute atomic E-state index is 0.0630. The van der Waals surface area contributed by atoms with Gasteiger partial charge in [0.2, 0.25) is 5.88 Å². The molecule has 3 aliphatic rings. The summed E-state index contributed by atoms with van der Waals surface area (Å²) in [5.41, 5.74) is 5.58. The topological polar surface area (TPSA) is 73.7 Å². The second-order valence-corrected chi connectivity index (χ2v) is 8.66. The second-order valence-electron chi connectivity index (χ2n) is 8.66. The lowest BCUT2D eigenvalue weighted by atomic mass is 9.81. The van der Waals surface area contributed by atoms with Gasteiger partial charge < -0.3 is 9.47 Å². The molecule has 1 aromatic heterocycles. The van der Waals surface area contributed by atoms with Gasteiger partial charge in [0.1, 0.15) is 6.10 Å². The SMILES string of the molecule is O=C1Oc2nn(-c3ccccc3)c3c2C(CCN2Cc4ccccc4C2)C(CC3)OC1=O. The summed E-state index contributed by atoms with van der Waals surface area (Å²) in [6.45, 7) is 2.70. The van der Waals surface area contributed by atoms with E-state index in [1.165, 1.54) is 11.1 Å². The smallest absolute Gasteiger partial charge is 0.424 e. The number of ether oxygens (including phenoxy) is 2. The van der Waals surface area contributed by atoms with Gasteiger partial charge in [-0.25, -0.2) is 14.3 Å². The molecule has 0 amide bonds. The van der Waals surface area contributed by atoms with E-state index in [0.717, 1.165) is 43.0 Å². The van der Waals surface area contributed by atoms with Crippen molar-refractivity contribution in [2.45, 2.75) is 44.4 Å². The molecule has 2 aliphatic heterocycles. The van der Waals surface area contributed by atoms with Gasteiger partial charge in [-0.05, 0) is 49.1 Å². The summed E-state index contributed by atoms with van der Waals surface area (Å²) in [5, 5.41) is 4.62. The Bertz CT molecular complexity index is 1180. The van der Waals surface area contributed by atoms with Crippen LogP contribution < -0.4 is 4.74 Å². The first-order chi connectivity index (χ1) is 15.7. The van der Waals surface area contributed by atoms with Crippen LogP contribution in [-0.2, 0) is 33.8 Å². The number of hydrogen-bond acceptors (Lipinski definition) is 6. The molecule has 3 heterocycles. The Balaban J connectivity index is 1.34. The van der Waals surface area contributed by atoms with Crippen LogP contribution in [0, 0.1) is 0 Å². The average molecular weight is 429 g/mol. The molecule has 7 heteroatoms. The van der Waals surface area contributed by atoms with Crippen LogP contribution in [0.15, 0.2) is 54.6 Å². The average Bonchev–Trinajstić information content (AvgIpc) is 3.39. The van der Waals surface area contributed by atoms with Crippen molar-refractivity contribution in [3.8, 4) is 11.6 Å². The first kappa shape index (κ1) is 19.3. The maximum atomic E-state index is 12.3. The standard InChI is InChI=1S/C25H23N3O4/c29-24-25(30)32-23-22-19(12-13-27-14-16-6-4-5-7-17(16)15-27)21(31-24)11-10-20(22)28(26-23)18-8-2-1-3-9-18/h1-9,19,21H,10-15H2. The quantitative estimate of drug-likeness (QED) is 0.469. The Morgan fingerprint density at radius 1 is 0.938 bits per heavy atom. The highest BCUT2D eigenvalue weighted by molar-refractivity contribution is 6.30. The lowest BCUT2D eigenvalue weighted by molar-refractivity contribution is -0.168. The molecule has 2 unspecified atom stereocenters. The zero-order valence-corrected chi connectivity index (χ0v) is 17.6. The summed E-state index contributed by atoms with van der Waals surface area (Å²) in [6.07, 6.45) is 1.82. The van der Waals surface area contributed by atoms with E-state index in [-0.39, 0.29) is 17.9 Å². The van der Waals surface area contributed by atoms with Crippen LogP contribution in [0.4, 0.5) is 0 Å². The normalized spacial score (nSPS) is 22.0. The lowest BCUT2D eigenvalue weighted by Crippen LogP contribution is -2.38. The fourth-order valence-corrected chi connectivity index (χ4v) is 5.25. The van der Waals surface area contributed by atoms with Crippen LogP contribution in [0.3, 0.4) is 0 Å². The number of fused-ring (bicyclic) bond motifs is 2.